The lowest BCUT2D eigenvalue weighted by molar-refractivity contribution is -0.107. The first-order valence-electron chi connectivity index (χ1n) is 10.6. The van der Waals surface area contributed by atoms with E-state index < -0.39 is 0 Å². The number of aldehydes is 1. The molecule has 0 atom stereocenters. The summed E-state index contributed by atoms with van der Waals surface area (Å²) in [6.07, 6.45) is 4.46. The van der Waals surface area contributed by atoms with Gasteiger partial charge in [0.05, 0.1) is 35.3 Å². The third-order valence-electron chi connectivity index (χ3n) is 5.59. The van der Waals surface area contributed by atoms with Crippen LogP contribution in [-0.4, -0.2) is 36.3 Å². The zero-order chi connectivity index (χ0) is 22.9. The number of nitrogens with zero attached hydrogens (tertiary/aromatic N) is 5. The van der Waals surface area contributed by atoms with E-state index in [9.17, 15) is 9.59 Å². The first kappa shape index (κ1) is 20.6. The van der Waals surface area contributed by atoms with Crippen LogP contribution in [0.3, 0.4) is 0 Å². The van der Waals surface area contributed by atoms with E-state index in [-0.39, 0.29) is 5.91 Å². The van der Waals surface area contributed by atoms with Gasteiger partial charge < -0.3 is 10.1 Å². The van der Waals surface area contributed by atoms with E-state index in [1.54, 1.807) is 16.7 Å². The molecule has 1 aromatic carbocycles. The minimum atomic E-state index is -0.273. The number of hydrogen-bond donors (Lipinski definition) is 1. The van der Waals surface area contributed by atoms with Crippen LogP contribution in [0.1, 0.15) is 33.1 Å². The molecule has 0 spiro atoms. The van der Waals surface area contributed by atoms with Crippen LogP contribution in [0.2, 0.25) is 0 Å². The summed E-state index contributed by atoms with van der Waals surface area (Å²) in [6, 6.07) is 15.3. The molecule has 0 unspecified atom stereocenters. The number of nitrogens with one attached hydrogen (secondary N) is 1. The van der Waals surface area contributed by atoms with Gasteiger partial charge in [0.2, 0.25) is 0 Å². The monoisotopic (exact) mass is 438 g/mol. The number of carbonyl (C=O) groups excluding carboxylic acids is 2. The number of amides is 1. The van der Waals surface area contributed by atoms with Crippen LogP contribution in [0, 0.1) is 13.8 Å². The molecule has 8 nitrogen and oxygen atoms in total. The van der Waals surface area contributed by atoms with Gasteiger partial charge in [0.15, 0.2) is 0 Å². The van der Waals surface area contributed by atoms with Crippen LogP contribution in [-0.2, 0) is 17.8 Å². The standard InChI is InChI=1S/C25H22N6O2/c1-16-5-3-6-19(27-16)15-31-21-8-4-7-20(24(21)17(2)29-31)28-25(33)22-14-26-23-13-18(10-12-32)9-11-30(22)23/h3-9,11-14H,10,15H2,1-2H3,(H,28,33). The third kappa shape index (κ3) is 3.87. The van der Waals surface area contributed by atoms with Crippen molar-refractivity contribution in [3.63, 3.8) is 0 Å². The predicted octanol–water partition coefficient (Wildman–Crippen LogP) is 3.74. The number of aromatic nitrogens is 5. The Balaban J connectivity index is 1.47. The molecule has 4 heterocycles. The lowest BCUT2D eigenvalue weighted by atomic mass is 10.1. The van der Waals surface area contributed by atoms with E-state index in [0.717, 1.165) is 39.8 Å². The quantitative estimate of drug-likeness (QED) is 0.408. The van der Waals surface area contributed by atoms with Gasteiger partial charge in [-0.25, -0.2) is 4.98 Å². The van der Waals surface area contributed by atoms with Crippen LogP contribution in [0.4, 0.5) is 5.69 Å². The topological polar surface area (TPSA) is 94.2 Å². The molecule has 0 aliphatic rings. The van der Waals surface area contributed by atoms with Crippen molar-refractivity contribution in [2.45, 2.75) is 26.8 Å². The van der Waals surface area contributed by atoms with E-state index in [4.69, 9.17) is 5.10 Å². The van der Waals surface area contributed by atoms with Crippen molar-refractivity contribution in [1.82, 2.24) is 24.1 Å². The second-order valence-electron chi connectivity index (χ2n) is 7.94. The zero-order valence-electron chi connectivity index (χ0n) is 18.3. The Labute approximate surface area is 189 Å². The molecule has 5 aromatic rings. The summed E-state index contributed by atoms with van der Waals surface area (Å²) in [4.78, 5) is 32.8. The van der Waals surface area contributed by atoms with Gasteiger partial charge in [0.1, 0.15) is 17.6 Å². The molecule has 0 aliphatic heterocycles. The SMILES string of the molecule is Cc1cccc(Cn2nc(C)c3c(NC(=O)c4cnc5cc(CC=O)ccn45)cccc32)n1. The van der Waals surface area contributed by atoms with E-state index in [0.29, 0.717) is 30.0 Å². The number of carbonyl (C=O) groups is 2. The van der Waals surface area contributed by atoms with Crippen molar-refractivity contribution >= 4 is 34.4 Å². The van der Waals surface area contributed by atoms with Crippen LogP contribution >= 0.6 is 0 Å². The minimum absolute atomic E-state index is 0.273. The van der Waals surface area contributed by atoms with Gasteiger partial charge in [-0.15, -0.1) is 0 Å². The maximum absolute atomic E-state index is 13.1. The zero-order valence-corrected chi connectivity index (χ0v) is 18.3. The number of hydrogen-bond acceptors (Lipinski definition) is 5. The summed E-state index contributed by atoms with van der Waals surface area (Å²) in [6.45, 7) is 4.44. The third-order valence-corrected chi connectivity index (χ3v) is 5.59. The predicted molar refractivity (Wildman–Crippen MR) is 125 cm³/mol. The Hall–Kier alpha value is -4.33. The van der Waals surface area contributed by atoms with Gasteiger partial charge in [-0.1, -0.05) is 12.1 Å². The molecule has 1 amide bonds. The van der Waals surface area contributed by atoms with E-state index in [2.05, 4.69) is 15.3 Å². The van der Waals surface area contributed by atoms with Crippen LogP contribution in [0.5, 0.6) is 0 Å². The average Bonchev–Trinajstić information content (AvgIpc) is 3.35. The number of fused-ring (bicyclic) bond motifs is 2. The number of imidazole rings is 1. The molecule has 5 rings (SSSR count). The van der Waals surface area contributed by atoms with Crippen molar-refractivity contribution in [2.24, 2.45) is 0 Å². The van der Waals surface area contributed by atoms with Crippen molar-refractivity contribution in [2.75, 3.05) is 5.32 Å². The van der Waals surface area contributed by atoms with Gasteiger partial charge in [0.25, 0.3) is 5.91 Å². The number of aryl methyl sites for hydroxylation is 2. The molecular formula is C25H22N6O2. The molecule has 0 aliphatic carbocycles. The van der Waals surface area contributed by atoms with Gasteiger partial charge in [-0.05, 0) is 55.8 Å². The van der Waals surface area contributed by atoms with Gasteiger partial charge in [-0.2, -0.15) is 5.10 Å². The summed E-state index contributed by atoms with van der Waals surface area (Å²) < 4.78 is 3.62. The Morgan fingerprint density at radius 2 is 1.97 bits per heavy atom. The second kappa shape index (κ2) is 8.31. The molecule has 0 fully saturated rings. The fourth-order valence-electron chi connectivity index (χ4n) is 4.09. The summed E-state index contributed by atoms with van der Waals surface area (Å²) >= 11 is 0. The Morgan fingerprint density at radius 1 is 1.12 bits per heavy atom. The smallest absolute Gasteiger partial charge is 0.274 e. The van der Waals surface area contributed by atoms with E-state index >= 15 is 0 Å². The molecule has 0 radical (unpaired) electrons. The number of rotatable bonds is 6. The molecule has 4 aromatic heterocycles. The highest BCUT2D eigenvalue weighted by atomic mass is 16.2. The van der Waals surface area contributed by atoms with Crippen molar-refractivity contribution < 1.29 is 9.59 Å². The average molecular weight is 438 g/mol. The van der Waals surface area contributed by atoms with Crippen molar-refractivity contribution in [3.05, 3.63) is 89.3 Å². The molecule has 1 N–H and O–H groups in total. The number of pyridine rings is 2. The minimum Gasteiger partial charge on any atom is -0.320 e. The molecule has 33 heavy (non-hydrogen) atoms. The highest BCUT2D eigenvalue weighted by Gasteiger charge is 2.17. The van der Waals surface area contributed by atoms with E-state index in [1.165, 1.54) is 6.20 Å². The summed E-state index contributed by atoms with van der Waals surface area (Å²) in [5.41, 5.74) is 6.20. The Bertz CT molecular complexity index is 1510. The summed E-state index contributed by atoms with van der Waals surface area (Å²) in [5, 5.41) is 8.61. The van der Waals surface area contributed by atoms with Gasteiger partial charge in [-0.3, -0.25) is 18.9 Å². The summed E-state index contributed by atoms with van der Waals surface area (Å²) in [7, 11) is 0. The lowest BCUT2D eigenvalue weighted by Gasteiger charge is -2.08. The van der Waals surface area contributed by atoms with Gasteiger partial charge in [0, 0.05) is 23.7 Å². The molecule has 0 bridgehead atoms. The van der Waals surface area contributed by atoms with E-state index in [1.807, 2.05) is 61.0 Å². The van der Waals surface area contributed by atoms with Gasteiger partial charge >= 0.3 is 0 Å². The Kier molecular flexibility index (Phi) is 5.18. The largest absolute Gasteiger partial charge is 0.320 e. The van der Waals surface area contributed by atoms with Crippen molar-refractivity contribution in [1.29, 1.82) is 0 Å². The molecule has 164 valence electrons. The normalized spacial score (nSPS) is 11.2. The fraction of sp³-hybridized carbons (Fsp3) is 0.160. The second-order valence-corrected chi connectivity index (χ2v) is 7.94. The highest BCUT2D eigenvalue weighted by Crippen LogP contribution is 2.27. The molecule has 0 saturated heterocycles. The molecule has 0 saturated carbocycles. The Morgan fingerprint density at radius 3 is 2.79 bits per heavy atom. The lowest BCUT2D eigenvalue weighted by Crippen LogP contribution is -2.14. The first-order valence-corrected chi connectivity index (χ1v) is 10.6. The number of benzene rings is 1. The highest BCUT2D eigenvalue weighted by molar-refractivity contribution is 6.08. The maximum atomic E-state index is 13.1. The van der Waals surface area contributed by atoms with Crippen LogP contribution < -0.4 is 5.32 Å². The maximum Gasteiger partial charge on any atom is 0.274 e. The molecule has 8 heteroatoms. The first-order chi connectivity index (χ1) is 16.0. The van der Waals surface area contributed by atoms with Crippen LogP contribution in [0.15, 0.2) is 60.9 Å². The number of anilines is 1. The van der Waals surface area contributed by atoms with Crippen molar-refractivity contribution in [3.8, 4) is 0 Å². The van der Waals surface area contributed by atoms with Crippen LogP contribution in [0.25, 0.3) is 16.6 Å². The molecular weight excluding hydrogens is 416 g/mol. The summed E-state index contributed by atoms with van der Waals surface area (Å²) in [5.74, 6) is -0.273. The fourth-order valence-corrected chi connectivity index (χ4v) is 4.09.